The number of nitrogens with zero attached hydrogens (tertiary/aromatic N) is 1. The zero-order valence-corrected chi connectivity index (χ0v) is 10.6. The molecule has 0 saturated carbocycles. The van der Waals surface area contributed by atoms with Crippen LogP contribution in [0.3, 0.4) is 0 Å². The van der Waals surface area contributed by atoms with Gasteiger partial charge in [-0.15, -0.1) is 0 Å². The van der Waals surface area contributed by atoms with Crippen molar-refractivity contribution in [1.29, 1.82) is 0 Å². The summed E-state index contributed by atoms with van der Waals surface area (Å²) in [6, 6.07) is 0.700. The van der Waals surface area contributed by atoms with Gasteiger partial charge in [-0.05, 0) is 33.4 Å². The highest BCUT2D eigenvalue weighted by Gasteiger charge is 2.28. The number of hydrogen-bond donors (Lipinski definition) is 1. The van der Waals surface area contributed by atoms with Crippen LogP contribution in [-0.4, -0.2) is 50.3 Å². The molecule has 1 heterocycles. The van der Waals surface area contributed by atoms with Crippen LogP contribution in [0, 0.1) is 5.92 Å². The minimum Gasteiger partial charge on any atom is -0.377 e. The first-order valence-electron chi connectivity index (χ1n) is 6.17. The Labute approximate surface area is 94.2 Å². The van der Waals surface area contributed by atoms with Gasteiger partial charge in [-0.3, -0.25) is 4.90 Å². The SMILES string of the molecule is CCC1CNCC1N(C)CCOC(C)C. The van der Waals surface area contributed by atoms with Crippen LogP contribution in [0.2, 0.25) is 0 Å². The number of rotatable bonds is 6. The molecule has 1 aliphatic rings. The molecule has 0 aromatic heterocycles. The van der Waals surface area contributed by atoms with Crippen molar-refractivity contribution in [2.75, 3.05) is 33.3 Å². The van der Waals surface area contributed by atoms with Gasteiger partial charge in [0.05, 0.1) is 12.7 Å². The van der Waals surface area contributed by atoms with Crippen molar-refractivity contribution in [2.24, 2.45) is 5.92 Å². The minimum atomic E-state index is 0.349. The first kappa shape index (κ1) is 12.9. The summed E-state index contributed by atoms with van der Waals surface area (Å²) in [4.78, 5) is 2.44. The van der Waals surface area contributed by atoms with E-state index in [4.69, 9.17) is 4.74 Å². The van der Waals surface area contributed by atoms with E-state index in [2.05, 4.69) is 38.0 Å². The molecule has 1 N–H and O–H groups in total. The third-order valence-corrected chi connectivity index (χ3v) is 3.29. The molecule has 0 radical (unpaired) electrons. The van der Waals surface area contributed by atoms with Crippen molar-refractivity contribution >= 4 is 0 Å². The third-order valence-electron chi connectivity index (χ3n) is 3.29. The van der Waals surface area contributed by atoms with Crippen molar-refractivity contribution in [3.63, 3.8) is 0 Å². The molecule has 1 fully saturated rings. The Kier molecular flexibility index (Phi) is 5.58. The van der Waals surface area contributed by atoms with E-state index in [0.29, 0.717) is 12.1 Å². The van der Waals surface area contributed by atoms with Crippen molar-refractivity contribution < 1.29 is 4.74 Å². The molecule has 90 valence electrons. The Hall–Kier alpha value is -0.120. The Balaban J connectivity index is 2.23. The van der Waals surface area contributed by atoms with Gasteiger partial charge in [0.1, 0.15) is 0 Å². The van der Waals surface area contributed by atoms with E-state index < -0.39 is 0 Å². The van der Waals surface area contributed by atoms with Crippen LogP contribution in [0.25, 0.3) is 0 Å². The summed E-state index contributed by atoms with van der Waals surface area (Å²) < 4.78 is 5.58. The maximum absolute atomic E-state index is 5.58. The Bertz CT molecular complexity index is 173. The van der Waals surface area contributed by atoms with Gasteiger partial charge in [0.25, 0.3) is 0 Å². The third kappa shape index (κ3) is 4.09. The van der Waals surface area contributed by atoms with E-state index in [1.54, 1.807) is 0 Å². The standard InChI is InChI=1S/C12H26N2O/c1-5-11-8-13-9-12(11)14(4)6-7-15-10(2)3/h10-13H,5-9H2,1-4H3. The number of nitrogens with one attached hydrogen (secondary N) is 1. The van der Waals surface area contributed by atoms with Crippen LogP contribution in [0.15, 0.2) is 0 Å². The summed E-state index contributed by atoms with van der Waals surface area (Å²) in [5.41, 5.74) is 0. The van der Waals surface area contributed by atoms with Crippen molar-refractivity contribution in [3.05, 3.63) is 0 Å². The second-order valence-electron chi connectivity index (χ2n) is 4.79. The molecule has 3 heteroatoms. The number of likely N-dealkylation sites (N-methyl/N-ethyl adjacent to an activating group) is 1. The summed E-state index contributed by atoms with van der Waals surface area (Å²) in [5, 5.41) is 3.47. The molecule has 2 atom stereocenters. The summed E-state index contributed by atoms with van der Waals surface area (Å²) in [7, 11) is 2.21. The molecule has 0 spiro atoms. The van der Waals surface area contributed by atoms with Gasteiger partial charge >= 0.3 is 0 Å². The van der Waals surface area contributed by atoms with Crippen LogP contribution in [0.5, 0.6) is 0 Å². The zero-order chi connectivity index (χ0) is 11.3. The van der Waals surface area contributed by atoms with Gasteiger partial charge < -0.3 is 10.1 Å². The second kappa shape index (κ2) is 6.46. The number of ether oxygens (including phenoxy) is 1. The fraction of sp³-hybridized carbons (Fsp3) is 1.00. The molecule has 15 heavy (non-hydrogen) atoms. The van der Waals surface area contributed by atoms with Crippen molar-refractivity contribution in [1.82, 2.24) is 10.2 Å². The van der Waals surface area contributed by atoms with E-state index in [1.165, 1.54) is 13.0 Å². The summed E-state index contributed by atoms with van der Waals surface area (Å²) in [6.45, 7) is 10.7. The molecule has 0 aromatic carbocycles. The fourth-order valence-electron chi connectivity index (χ4n) is 2.25. The Morgan fingerprint density at radius 1 is 1.40 bits per heavy atom. The smallest absolute Gasteiger partial charge is 0.0596 e. The molecule has 3 nitrogen and oxygen atoms in total. The molecule has 1 aliphatic heterocycles. The van der Waals surface area contributed by atoms with E-state index in [0.717, 1.165) is 25.6 Å². The maximum Gasteiger partial charge on any atom is 0.0596 e. The maximum atomic E-state index is 5.58. The van der Waals surface area contributed by atoms with Crippen LogP contribution < -0.4 is 5.32 Å². The van der Waals surface area contributed by atoms with Crippen molar-refractivity contribution in [3.8, 4) is 0 Å². The van der Waals surface area contributed by atoms with Crippen molar-refractivity contribution in [2.45, 2.75) is 39.3 Å². The van der Waals surface area contributed by atoms with Gasteiger partial charge in [-0.2, -0.15) is 0 Å². The molecule has 0 bridgehead atoms. The lowest BCUT2D eigenvalue weighted by Crippen LogP contribution is -2.39. The first-order valence-corrected chi connectivity index (χ1v) is 6.17. The lowest BCUT2D eigenvalue weighted by atomic mass is 10.00. The minimum absolute atomic E-state index is 0.349. The zero-order valence-electron chi connectivity index (χ0n) is 10.6. The van der Waals surface area contributed by atoms with E-state index in [-0.39, 0.29) is 0 Å². The van der Waals surface area contributed by atoms with E-state index >= 15 is 0 Å². The van der Waals surface area contributed by atoms with Gasteiger partial charge in [0.2, 0.25) is 0 Å². The van der Waals surface area contributed by atoms with Gasteiger partial charge in [-0.1, -0.05) is 13.3 Å². The molecule has 1 saturated heterocycles. The highest BCUT2D eigenvalue weighted by molar-refractivity contribution is 4.86. The lowest BCUT2D eigenvalue weighted by molar-refractivity contribution is 0.0531. The highest BCUT2D eigenvalue weighted by Crippen LogP contribution is 2.17. The molecule has 1 rings (SSSR count). The van der Waals surface area contributed by atoms with Gasteiger partial charge in [0, 0.05) is 19.1 Å². The Morgan fingerprint density at radius 3 is 2.73 bits per heavy atom. The fourth-order valence-corrected chi connectivity index (χ4v) is 2.25. The lowest BCUT2D eigenvalue weighted by Gasteiger charge is -2.28. The van der Waals surface area contributed by atoms with Crippen LogP contribution in [-0.2, 0) is 4.74 Å². The average molecular weight is 214 g/mol. The van der Waals surface area contributed by atoms with Crippen LogP contribution in [0.1, 0.15) is 27.2 Å². The molecule has 0 aromatic rings. The Morgan fingerprint density at radius 2 is 2.13 bits per heavy atom. The highest BCUT2D eigenvalue weighted by atomic mass is 16.5. The summed E-state index contributed by atoms with van der Waals surface area (Å²) in [5.74, 6) is 0.814. The molecular weight excluding hydrogens is 188 g/mol. The quantitative estimate of drug-likeness (QED) is 0.722. The molecular formula is C12H26N2O. The summed E-state index contributed by atoms with van der Waals surface area (Å²) in [6.07, 6.45) is 1.62. The van der Waals surface area contributed by atoms with Crippen LogP contribution >= 0.6 is 0 Å². The van der Waals surface area contributed by atoms with Gasteiger partial charge in [0.15, 0.2) is 0 Å². The largest absolute Gasteiger partial charge is 0.377 e. The predicted molar refractivity (Wildman–Crippen MR) is 64.2 cm³/mol. The monoisotopic (exact) mass is 214 g/mol. The average Bonchev–Trinajstić information content (AvgIpc) is 2.64. The normalized spacial score (nSPS) is 26.8. The predicted octanol–water partition coefficient (Wildman–Crippen LogP) is 1.34. The van der Waals surface area contributed by atoms with E-state index in [1.807, 2.05) is 0 Å². The second-order valence-corrected chi connectivity index (χ2v) is 4.79. The number of hydrogen-bond acceptors (Lipinski definition) is 3. The molecule has 0 amide bonds. The topological polar surface area (TPSA) is 24.5 Å². The van der Waals surface area contributed by atoms with Crippen LogP contribution in [0.4, 0.5) is 0 Å². The summed E-state index contributed by atoms with van der Waals surface area (Å²) >= 11 is 0. The molecule has 2 unspecified atom stereocenters. The first-order chi connectivity index (χ1) is 7.15. The van der Waals surface area contributed by atoms with E-state index in [9.17, 15) is 0 Å². The molecule has 0 aliphatic carbocycles. The van der Waals surface area contributed by atoms with Gasteiger partial charge in [-0.25, -0.2) is 0 Å².